The highest BCUT2D eigenvalue weighted by molar-refractivity contribution is 7.19. The van der Waals surface area contributed by atoms with Gasteiger partial charge in [0, 0.05) is 29.0 Å². The van der Waals surface area contributed by atoms with Gasteiger partial charge in [0.1, 0.15) is 0 Å². The zero-order chi connectivity index (χ0) is 20.4. The van der Waals surface area contributed by atoms with Gasteiger partial charge in [-0.3, -0.25) is 0 Å². The van der Waals surface area contributed by atoms with Crippen molar-refractivity contribution in [3.05, 3.63) is 69.6 Å². The maximum absolute atomic E-state index is 10.3. The average Bonchev–Trinajstić information content (AvgIpc) is 3.09. The second kappa shape index (κ2) is 8.94. The summed E-state index contributed by atoms with van der Waals surface area (Å²) in [4.78, 5) is 1.07. The second-order valence-electron chi connectivity index (χ2n) is 7.93. The van der Waals surface area contributed by atoms with Crippen LogP contribution >= 0.6 is 11.3 Å². The smallest absolute Gasteiger partial charge is 0.0949 e. The number of aliphatic hydroxyl groups excluding tert-OH is 3. The molecule has 3 N–H and O–H groups in total. The molecule has 1 saturated heterocycles. The van der Waals surface area contributed by atoms with Crippen molar-refractivity contribution in [2.45, 2.75) is 50.9 Å². The Labute approximate surface area is 175 Å². The Kier molecular flexibility index (Phi) is 6.32. The first-order chi connectivity index (χ1) is 14.1. The topological polar surface area (TPSA) is 69.9 Å². The van der Waals surface area contributed by atoms with E-state index < -0.39 is 6.10 Å². The van der Waals surface area contributed by atoms with Crippen molar-refractivity contribution < 1.29 is 20.1 Å². The molecule has 0 amide bonds. The van der Waals surface area contributed by atoms with Crippen molar-refractivity contribution in [3.63, 3.8) is 0 Å². The number of aliphatic hydroxyl groups is 3. The van der Waals surface area contributed by atoms with E-state index in [-0.39, 0.29) is 25.4 Å². The van der Waals surface area contributed by atoms with Crippen LogP contribution < -0.4 is 0 Å². The van der Waals surface area contributed by atoms with Gasteiger partial charge in [0.25, 0.3) is 0 Å². The maximum atomic E-state index is 10.3. The summed E-state index contributed by atoms with van der Waals surface area (Å²) in [5, 5.41) is 30.7. The molecule has 2 heterocycles. The molecular weight excluding hydrogens is 384 g/mol. The average molecular weight is 413 g/mol. The van der Waals surface area contributed by atoms with E-state index in [4.69, 9.17) is 4.74 Å². The second-order valence-corrected chi connectivity index (χ2v) is 8.98. The first-order valence-corrected chi connectivity index (χ1v) is 11.0. The number of rotatable bonds is 6. The summed E-state index contributed by atoms with van der Waals surface area (Å²) in [5.41, 5.74) is 4.89. The lowest BCUT2D eigenvalue weighted by Gasteiger charge is -2.32. The predicted octanol–water partition coefficient (Wildman–Crippen LogP) is 3.91. The van der Waals surface area contributed by atoms with Crippen LogP contribution in [0.2, 0.25) is 0 Å². The van der Waals surface area contributed by atoms with E-state index in [9.17, 15) is 15.3 Å². The molecule has 1 fully saturated rings. The summed E-state index contributed by atoms with van der Waals surface area (Å²) < 4.78 is 7.32. The zero-order valence-electron chi connectivity index (χ0n) is 16.7. The fraction of sp³-hybridized carbons (Fsp3) is 0.417. The molecule has 3 atom stereocenters. The normalized spacial score (nSPS) is 22.3. The highest BCUT2D eigenvalue weighted by Gasteiger charge is 2.32. The molecule has 3 aromatic rings. The SMILES string of the molecule is Cc1ccc(Cc2cccc3c(CCO)c(C4CC(O)CC(CO)O4)sc23)cc1. The lowest BCUT2D eigenvalue weighted by atomic mass is 9.96. The largest absolute Gasteiger partial charge is 0.396 e. The summed E-state index contributed by atoms with van der Waals surface area (Å²) >= 11 is 1.71. The monoisotopic (exact) mass is 412 g/mol. The number of hydrogen-bond donors (Lipinski definition) is 3. The molecule has 0 spiro atoms. The Balaban J connectivity index is 1.74. The molecule has 1 aliphatic rings. The van der Waals surface area contributed by atoms with Crippen LogP contribution in [0.25, 0.3) is 10.1 Å². The van der Waals surface area contributed by atoms with Gasteiger partial charge in [-0.05, 0) is 41.8 Å². The van der Waals surface area contributed by atoms with Crippen LogP contribution in [0, 0.1) is 6.92 Å². The van der Waals surface area contributed by atoms with Crippen molar-refractivity contribution in [1.29, 1.82) is 0 Å². The third-order valence-electron chi connectivity index (χ3n) is 5.68. The molecule has 0 bridgehead atoms. The van der Waals surface area contributed by atoms with Gasteiger partial charge in [-0.1, -0.05) is 48.0 Å². The zero-order valence-corrected chi connectivity index (χ0v) is 17.5. The molecule has 0 saturated carbocycles. The van der Waals surface area contributed by atoms with Crippen LogP contribution in [0.1, 0.15) is 46.1 Å². The summed E-state index contributed by atoms with van der Waals surface area (Å²) in [6, 6.07) is 15.0. The molecule has 0 radical (unpaired) electrons. The molecule has 3 unspecified atom stereocenters. The lowest BCUT2D eigenvalue weighted by Crippen LogP contribution is -2.33. The molecule has 4 nitrogen and oxygen atoms in total. The first kappa shape index (κ1) is 20.5. The minimum Gasteiger partial charge on any atom is -0.396 e. The molecule has 1 aromatic heterocycles. The quantitative estimate of drug-likeness (QED) is 0.574. The van der Waals surface area contributed by atoms with Gasteiger partial charge in [-0.2, -0.15) is 0 Å². The van der Waals surface area contributed by atoms with Gasteiger partial charge >= 0.3 is 0 Å². The van der Waals surface area contributed by atoms with Gasteiger partial charge in [-0.15, -0.1) is 11.3 Å². The van der Waals surface area contributed by atoms with Gasteiger partial charge in [0.2, 0.25) is 0 Å². The molecule has 0 aliphatic carbocycles. The third-order valence-corrected chi connectivity index (χ3v) is 7.10. The summed E-state index contributed by atoms with van der Waals surface area (Å²) in [5.74, 6) is 0. The van der Waals surface area contributed by atoms with Crippen LogP contribution in [0.15, 0.2) is 42.5 Å². The van der Waals surface area contributed by atoms with Gasteiger partial charge in [-0.25, -0.2) is 0 Å². The van der Waals surface area contributed by atoms with Crippen molar-refractivity contribution in [2.75, 3.05) is 13.2 Å². The number of thiophene rings is 1. The van der Waals surface area contributed by atoms with Gasteiger partial charge in [0.05, 0.1) is 24.9 Å². The fourth-order valence-electron chi connectivity index (χ4n) is 4.22. The predicted molar refractivity (Wildman–Crippen MR) is 117 cm³/mol. The lowest BCUT2D eigenvalue weighted by molar-refractivity contribution is -0.112. The fourth-order valence-corrected chi connectivity index (χ4v) is 5.63. The van der Waals surface area contributed by atoms with E-state index >= 15 is 0 Å². The van der Waals surface area contributed by atoms with Crippen molar-refractivity contribution >= 4 is 21.4 Å². The van der Waals surface area contributed by atoms with Gasteiger partial charge in [0.15, 0.2) is 0 Å². The molecule has 154 valence electrons. The maximum Gasteiger partial charge on any atom is 0.0949 e. The van der Waals surface area contributed by atoms with Gasteiger partial charge < -0.3 is 20.1 Å². The summed E-state index contributed by atoms with van der Waals surface area (Å²) in [6.07, 6.45) is 1.32. The van der Waals surface area contributed by atoms with E-state index in [1.54, 1.807) is 11.3 Å². The summed E-state index contributed by atoms with van der Waals surface area (Å²) in [7, 11) is 0. The molecule has 4 rings (SSSR count). The summed E-state index contributed by atoms with van der Waals surface area (Å²) in [6.45, 7) is 2.07. The van der Waals surface area contributed by atoms with E-state index in [0.29, 0.717) is 19.3 Å². The number of hydrogen-bond acceptors (Lipinski definition) is 5. The molecule has 29 heavy (non-hydrogen) atoms. The van der Waals surface area contributed by atoms with Crippen molar-refractivity contribution in [3.8, 4) is 0 Å². The Hall–Kier alpha value is -1.76. The van der Waals surface area contributed by atoms with Crippen LogP contribution in [0.4, 0.5) is 0 Å². The Morgan fingerprint density at radius 1 is 1.07 bits per heavy atom. The van der Waals surface area contributed by atoms with E-state index in [1.807, 2.05) is 0 Å². The Morgan fingerprint density at radius 2 is 1.86 bits per heavy atom. The van der Waals surface area contributed by atoms with E-state index in [1.165, 1.54) is 21.4 Å². The Morgan fingerprint density at radius 3 is 2.59 bits per heavy atom. The number of fused-ring (bicyclic) bond motifs is 1. The number of ether oxygens (including phenoxy) is 1. The Bertz CT molecular complexity index is 963. The number of benzene rings is 2. The third kappa shape index (κ3) is 4.39. The van der Waals surface area contributed by atoms with E-state index in [2.05, 4.69) is 49.4 Å². The van der Waals surface area contributed by atoms with Crippen LogP contribution in [-0.4, -0.2) is 40.7 Å². The van der Waals surface area contributed by atoms with Crippen LogP contribution in [-0.2, 0) is 17.6 Å². The highest BCUT2D eigenvalue weighted by atomic mass is 32.1. The van der Waals surface area contributed by atoms with Crippen LogP contribution in [0.5, 0.6) is 0 Å². The number of aryl methyl sites for hydroxylation is 1. The van der Waals surface area contributed by atoms with E-state index in [0.717, 1.165) is 22.2 Å². The molecular formula is C24H28O4S. The van der Waals surface area contributed by atoms with Crippen molar-refractivity contribution in [1.82, 2.24) is 0 Å². The van der Waals surface area contributed by atoms with Crippen LogP contribution in [0.3, 0.4) is 0 Å². The first-order valence-electron chi connectivity index (χ1n) is 10.2. The standard InChI is InChI=1S/C24H28O4S/c1-15-5-7-16(8-6-15)11-17-3-2-4-20-21(9-10-25)24(29-23(17)20)22-13-18(27)12-19(14-26)28-22/h2-8,18-19,22,25-27H,9-14H2,1H3. The molecule has 2 aromatic carbocycles. The highest BCUT2D eigenvalue weighted by Crippen LogP contribution is 2.43. The minimum absolute atomic E-state index is 0.0692. The molecule has 1 aliphatic heterocycles. The molecule has 5 heteroatoms. The minimum atomic E-state index is -0.481. The van der Waals surface area contributed by atoms with Crippen molar-refractivity contribution in [2.24, 2.45) is 0 Å².